The maximum absolute atomic E-state index is 6.93. The highest BCUT2D eigenvalue weighted by atomic mass is 14.7. The van der Waals surface area contributed by atoms with Gasteiger partial charge in [-0.25, -0.2) is 0 Å². The van der Waals surface area contributed by atoms with Crippen LogP contribution in [0.2, 0.25) is 0 Å². The maximum atomic E-state index is 6.93. The van der Waals surface area contributed by atoms with Gasteiger partial charge in [0.25, 0.3) is 0 Å². The number of nitrogens with two attached hydrogens (primary N) is 1. The highest BCUT2D eigenvalue weighted by Crippen LogP contribution is 2.26. The van der Waals surface area contributed by atoms with E-state index < -0.39 is 0 Å². The van der Waals surface area contributed by atoms with Gasteiger partial charge in [-0.3, -0.25) is 0 Å². The summed E-state index contributed by atoms with van der Waals surface area (Å²) in [6.45, 7) is 6.94. The molecule has 0 aliphatic carbocycles. The zero-order valence-corrected chi connectivity index (χ0v) is 29.5. The van der Waals surface area contributed by atoms with Gasteiger partial charge in [0, 0.05) is 5.54 Å². The summed E-state index contributed by atoms with van der Waals surface area (Å²) < 4.78 is 0. The van der Waals surface area contributed by atoms with Gasteiger partial charge in [-0.15, -0.1) is 0 Å². The lowest BCUT2D eigenvalue weighted by Gasteiger charge is -2.29. The molecule has 41 heavy (non-hydrogen) atoms. The molecule has 1 nitrogen and oxygen atoms in total. The standard InChI is InChI=1S/C40H83N/c1-4-7-9-11-13-15-17-19-21-23-25-27-29-31-33-35-38-40(41,37-6-3)39-36-34-32-30-28-26-24-22-20-18-16-14-12-10-8-5-2/h4-39,41H2,1-3H3. The molecule has 0 rings (SSSR count). The fourth-order valence-corrected chi connectivity index (χ4v) is 6.92. The minimum atomic E-state index is 0.126. The second kappa shape index (κ2) is 34.5. The van der Waals surface area contributed by atoms with Crippen molar-refractivity contribution in [1.29, 1.82) is 0 Å². The molecule has 0 bridgehead atoms. The quantitative estimate of drug-likeness (QED) is 0.0736. The molecular weight excluding hydrogens is 494 g/mol. The number of hydrogen-bond acceptors (Lipinski definition) is 1. The summed E-state index contributed by atoms with van der Waals surface area (Å²) in [5, 5.41) is 0. The Bertz CT molecular complexity index is 422. The summed E-state index contributed by atoms with van der Waals surface area (Å²) >= 11 is 0. The van der Waals surface area contributed by atoms with E-state index in [4.69, 9.17) is 5.73 Å². The topological polar surface area (TPSA) is 26.0 Å². The van der Waals surface area contributed by atoms with E-state index in [-0.39, 0.29) is 5.54 Å². The van der Waals surface area contributed by atoms with Crippen LogP contribution < -0.4 is 5.73 Å². The first-order chi connectivity index (χ1) is 20.2. The molecule has 0 radical (unpaired) electrons. The Balaban J connectivity index is 3.49. The van der Waals surface area contributed by atoms with Gasteiger partial charge in [0.2, 0.25) is 0 Å². The molecular formula is C40H83N. The van der Waals surface area contributed by atoms with Gasteiger partial charge in [-0.1, -0.05) is 233 Å². The smallest absolute Gasteiger partial charge is 0.0154 e. The number of hydrogen-bond donors (Lipinski definition) is 1. The van der Waals surface area contributed by atoms with Crippen LogP contribution in [0, 0.1) is 0 Å². The van der Waals surface area contributed by atoms with Crippen molar-refractivity contribution >= 4 is 0 Å². The molecule has 0 aromatic heterocycles. The van der Waals surface area contributed by atoms with Crippen LogP contribution in [0.15, 0.2) is 0 Å². The van der Waals surface area contributed by atoms with Crippen molar-refractivity contribution in [2.24, 2.45) is 5.73 Å². The van der Waals surface area contributed by atoms with Crippen LogP contribution in [0.3, 0.4) is 0 Å². The van der Waals surface area contributed by atoms with E-state index >= 15 is 0 Å². The van der Waals surface area contributed by atoms with Crippen LogP contribution in [-0.4, -0.2) is 5.54 Å². The Morgan fingerprint density at radius 2 is 0.439 bits per heavy atom. The third-order valence-corrected chi connectivity index (χ3v) is 9.80. The van der Waals surface area contributed by atoms with E-state index in [1.54, 1.807) is 0 Å². The van der Waals surface area contributed by atoms with Crippen molar-refractivity contribution < 1.29 is 0 Å². The summed E-state index contributed by atoms with van der Waals surface area (Å²) in [4.78, 5) is 0. The first kappa shape index (κ1) is 41.0. The lowest BCUT2D eigenvalue weighted by molar-refractivity contribution is 0.310. The molecule has 0 fully saturated rings. The van der Waals surface area contributed by atoms with E-state index in [1.807, 2.05) is 0 Å². The van der Waals surface area contributed by atoms with Gasteiger partial charge >= 0.3 is 0 Å². The predicted molar refractivity (Wildman–Crippen MR) is 190 cm³/mol. The lowest BCUT2D eigenvalue weighted by atomic mass is 9.83. The summed E-state index contributed by atoms with van der Waals surface area (Å²) in [7, 11) is 0. The lowest BCUT2D eigenvalue weighted by Crippen LogP contribution is -2.39. The zero-order chi connectivity index (χ0) is 30.0. The van der Waals surface area contributed by atoms with Crippen LogP contribution in [0.25, 0.3) is 0 Å². The van der Waals surface area contributed by atoms with Gasteiger partial charge < -0.3 is 5.73 Å². The molecule has 0 spiro atoms. The third kappa shape index (κ3) is 32.7. The maximum Gasteiger partial charge on any atom is 0.0154 e. The normalized spacial score (nSPS) is 12.0. The van der Waals surface area contributed by atoms with Crippen LogP contribution in [0.4, 0.5) is 0 Å². The minimum Gasteiger partial charge on any atom is -0.325 e. The Labute approximate surface area is 262 Å². The second-order valence-electron chi connectivity index (χ2n) is 14.2. The molecule has 0 heterocycles. The van der Waals surface area contributed by atoms with Crippen LogP contribution in [0.5, 0.6) is 0 Å². The van der Waals surface area contributed by atoms with Crippen molar-refractivity contribution in [2.75, 3.05) is 0 Å². The largest absolute Gasteiger partial charge is 0.325 e. The van der Waals surface area contributed by atoms with E-state index in [0.29, 0.717) is 0 Å². The highest BCUT2D eigenvalue weighted by molar-refractivity contribution is 4.83. The molecule has 0 aliphatic heterocycles. The molecule has 248 valence electrons. The van der Waals surface area contributed by atoms with Gasteiger partial charge in [0.1, 0.15) is 0 Å². The fraction of sp³-hybridized carbons (Fsp3) is 1.00. The van der Waals surface area contributed by atoms with Crippen molar-refractivity contribution in [2.45, 2.75) is 257 Å². The molecule has 1 heteroatoms. The molecule has 0 atom stereocenters. The van der Waals surface area contributed by atoms with Crippen molar-refractivity contribution in [3.05, 3.63) is 0 Å². The minimum absolute atomic E-state index is 0.126. The molecule has 0 unspecified atom stereocenters. The SMILES string of the molecule is CCCCCCCCCCCCCCCCCCC(N)(CCC)CCCCCCCCCCCCCCCCCC. The first-order valence-electron chi connectivity index (χ1n) is 20.0. The van der Waals surface area contributed by atoms with Crippen LogP contribution >= 0.6 is 0 Å². The average Bonchev–Trinajstić information content (AvgIpc) is 2.97. The Morgan fingerprint density at radius 3 is 0.634 bits per heavy atom. The first-order valence-corrected chi connectivity index (χ1v) is 20.0. The number of rotatable bonds is 36. The van der Waals surface area contributed by atoms with E-state index in [2.05, 4.69) is 20.8 Å². The average molecular weight is 578 g/mol. The molecule has 2 N–H and O–H groups in total. The molecule has 0 amide bonds. The highest BCUT2D eigenvalue weighted by Gasteiger charge is 2.22. The van der Waals surface area contributed by atoms with Gasteiger partial charge in [-0.05, 0) is 19.3 Å². The molecule has 0 saturated heterocycles. The van der Waals surface area contributed by atoms with Gasteiger partial charge in [0.05, 0.1) is 0 Å². The third-order valence-electron chi connectivity index (χ3n) is 9.80. The number of unbranched alkanes of at least 4 members (excludes halogenated alkanes) is 30. The molecule has 0 saturated carbocycles. The van der Waals surface area contributed by atoms with E-state index in [1.165, 1.54) is 231 Å². The van der Waals surface area contributed by atoms with Crippen molar-refractivity contribution in [3.63, 3.8) is 0 Å². The summed E-state index contributed by atoms with van der Waals surface area (Å²) in [6, 6.07) is 0. The Kier molecular flexibility index (Phi) is 34.4. The van der Waals surface area contributed by atoms with Gasteiger partial charge in [0.15, 0.2) is 0 Å². The summed E-state index contributed by atoms with van der Waals surface area (Å²) in [5.41, 5.74) is 7.06. The van der Waals surface area contributed by atoms with E-state index in [9.17, 15) is 0 Å². The van der Waals surface area contributed by atoms with Crippen molar-refractivity contribution in [3.8, 4) is 0 Å². The molecule has 0 aromatic carbocycles. The molecule has 0 aromatic rings. The second-order valence-corrected chi connectivity index (χ2v) is 14.2. The monoisotopic (exact) mass is 578 g/mol. The van der Waals surface area contributed by atoms with Gasteiger partial charge in [-0.2, -0.15) is 0 Å². The Morgan fingerprint density at radius 1 is 0.244 bits per heavy atom. The summed E-state index contributed by atoms with van der Waals surface area (Å²) in [5.74, 6) is 0. The van der Waals surface area contributed by atoms with Crippen LogP contribution in [0.1, 0.15) is 252 Å². The zero-order valence-electron chi connectivity index (χ0n) is 29.5. The van der Waals surface area contributed by atoms with Crippen LogP contribution in [-0.2, 0) is 0 Å². The summed E-state index contributed by atoms with van der Waals surface area (Å²) in [6.07, 6.45) is 51.3. The molecule has 0 aliphatic rings. The van der Waals surface area contributed by atoms with E-state index in [0.717, 1.165) is 0 Å². The van der Waals surface area contributed by atoms with Crippen molar-refractivity contribution in [1.82, 2.24) is 0 Å². The predicted octanol–water partition coefficient (Wildman–Crippen LogP) is 14.8. The fourth-order valence-electron chi connectivity index (χ4n) is 6.92. The Hall–Kier alpha value is -0.0400.